The Morgan fingerprint density at radius 2 is 1.90 bits per heavy atom. The molecule has 1 aliphatic rings. The number of rotatable bonds is 6. The van der Waals surface area contributed by atoms with Crippen LogP contribution in [0.5, 0.6) is 11.5 Å². The molecular weight excluding hydrogens is 404 g/mol. The summed E-state index contributed by atoms with van der Waals surface area (Å²) in [5.74, 6) is 0.878. The Bertz CT molecular complexity index is 1150. The normalized spacial score (nSPS) is 12.3. The highest BCUT2D eigenvalue weighted by molar-refractivity contribution is 6.32. The summed E-state index contributed by atoms with van der Waals surface area (Å²) < 4.78 is 12.2. The lowest BCUT2D eigenvalue weighted by atomic mass is 10.1. The number of ether oxygens (including phenoxy) is 2. The number of pyridine rings is 1. The van der Waals surface area contributed by atoms with Gasteiger partial charge in [-0.15, -0.1) is 0 Å². The van der Waals surface area contributed by atoms with Gasteiger partial charge in [0.05, 0.1) is 11.6 Å². The number of hydrogen-bond acceptors (Lipinski definition) is 4. The van der Waals surface area contributed by atoms with Crippen LogP contribution in [0.2, 0.25) is 5.02 Å². The van der Waals surface area contributed by atoms with E-state index in [1.807, 2.05) is 30.3 Å². The minimum Gasteiger partial charge on any atom is -0.454 e. The molecule has 1 aliphatic heterocycles. The van der Waals surface area contributed by atoms with Crippen LogP contribution in [0.3, 0.4) is 0 Å². The van der Waals surface area contributed by atoms with Gasteiger partial charge in [-0.1, -0.05) is 41.9 Å². The van der Waals surface area contributed by atoms with Gasteiger partial charge in [-0.05, 0) is 41.0 Å². The van der Waals surface area contributed by atoms with E-state index >= 15 is 0 Å². The largest absolute Gasteiger partial charge is 0.454 e. The Morgan fingerprint density at radius 1 is 1.10 bits per heavy atom. The molecule has 0 atom stereocenters. The first-order valence-electron chi connectivity index (χ1n) is 9.37. The fourth-order valence-electron chi connectivity index (χ4n) is 3.05. The molecule has 1 aromatic heterocycles. The van der Waals surface area contributed by atoms with Crippen LogP contribution in [0.1, 0.15) is 16.7 Å². The number of halogens is 1. The van der Waals surface area contributed by atoms with Crippen molar-refractivity contribution < 1.29 is 14.3 Å². The third-order valence-electron chi connectivity index (χ3n) is 4.62. The van der Waals surface area contributed by atoms with Gasteiger partial charge in [0.25, 0.3) is 5.56 Å². The summed E-state index contributed by atoms with van der Waals surface area (Å²) in [5, 5.41) is 3.29. The molecule has 0 unspecified atom stereocenters. The van der Waals surface area contributed by atoms with Crippen LogP contribution in [0, 0.1) is 0 Å². The molecule has 0 saturated carbocycles. The minimum absolute atomic E-state index is 0.0376. The molecule has 0 radical (unpaired) electrons. The van der Waals surface area contributed by atoms with E-state index in [9.17, 15) is 9.59 Å². The van der Waals surface area contributed by atoms with Gasteiger partial charge >= 0.3 is 0 Å². The van der Waals surface area contributed by atoms with Gasteiger partial charge < -0.3 is 19.4 Å². The molecule has 0 spiro atoms. The van der Waals surface area contributed by atoms with Crippen LogP contribution in [-0.4, -0.2) is 17.3 Å². The van der Waals surface area contributed by atoms with Crippen LogP contribution in [-0.2, 0) is 17.9 Å². The van der Waals surface area contributed by atoms with Crippen molar-refractivity contribution in [3.63, 3.8) is 0 Å². The quantitative estimate of drug-likeness (QED) is 0.616. The maximum atomic E-state index is 12.1. The lowest BCUT2D eigenvalue weighted by molar-refractivity contribution is -0.116. The number of nitrogens with one attached hydrogen (secondary N) is 1. The summed E-state index contributed by atoms with van der Waals surface area (Å²) in [4.78, 5) is 23.9. The number of carbonyl (C=O) groups is 1. The van der Waals surface area contributed by atoms with Crippen molar-refractivity contribution in [1.82, 2.24) is 9.88 Å². The molecule has 1 N–H and O–H groups in total. The number of hydrogen-bond donors (Lipinski definition) is 1. The molecule has 0 saturated heterocycles. The van der Waals surface area contributed by atoms with E-state index in [0.29, 0.717) is 29.6 Å². The highest BCUT2D eigenvalue weighted by Crippen LogP contribution is 2.40. The Labute approximate surface area is 178 Å². The molecule has 3 aromatic rings. The Balaban J connectivity index is 1.32. The summed E-state index contributed by atoms with van der Waals surface area (Å²) in [7, 11) is 0. The van der Waals surface area contributed by atoms with E-state index < -0.39 is 0 Å². The van der Waals surface area contributed by atoms with Crippen molar-refractivity contribution in [3.8, 4) is 11.5 Å². The zero-order valence-electron chi connectivity index (χ0n) is 16.0. The Kier molecular flexibility index (Phi) is 5.86. The maximum absolute atomic E-state index is 12.1. The van der Waals surface area contributed by atoms with Crippen LogP contribution in [0.15, 0.2) is 71.7 Å². The van der Waals surface area contributed by atoms with E-state index in [2.05, 4.69) is 5.32 Å². The van der Waals surface area contributed by atoms with Crippen molar-refractivity contribution >= 4 is 23.6 Å². The predicted octanol–water partition coefficient (Wildman–Crippen LogP) is 3.61. The predicted molar refractivity (Wildman–Crippen MR) is 115 cm³/mol. The summed E-state index contributed by atoms with van der Waals surface area (Å²) in [6, 6.07) is 16.3. The molecule has 152 valence electrons. The van der Waals surface area contributed by atoms with E-state index in [-0.39, 0.29) is 18.3 Å². The number of fused-ring (bicyclic) bond motifs is 1. The zero-order valence-corrected chi connectivity index (χ0v) is 16.8. The summed E-state index contributed by atoms with van der Waals surface area (Å²) in [6.45, 7) is 1.05. The number of nitrogens with zero attached hydrogens (tertiary/aromatic N) is 1. The summed E-state index contributed by atoms with van der Waals surface area (Å²) in [5.41, 5.74) is 2.69. The second-order valence-electron chi connectivity index (χ2n) is 6.77. The fourth-order valence-corrected chi connectivity index (χ4v) is 3.33. The summed E-state index contributed by atoms with van der Waals surface area (Å²) in [6.07, 6.45) is 4.88. The third-order valence-corrected chi connectivity index (χ3v) is 4.90. The first-order valence-corrected chi connectivity index (χ1v) is 9.74. The Hall–Kier alpha value is -3.51. The number of carbonyl (C=O) groups excluding carboxylic acids is 1. The molecule has 30 heavy (non-hydrogen) atoms. The van der Waals surface area contributed by atoms with Crippen LogP contribution in [0.4, 0.5) is 0 Å². The van der Waals surface area contributed by atoms with Crippen molar-refractivity contribution in [3.05, 3.63) is 98.9 Å². The van der Waals surface area contributed by atoms with Crippen molar-refractivity contribution in [2.24, 2.45) is 0 Å². The van der Waals surface area contributed by atoms with Gasteiger partial charge in [0.1, 0.15) is 0 Å². The van der Waals surface area contributed by atoms with Gasteiger partial charge in [0.15, 0.2) is 11.5 Å². The van der Waals surface area contributed by atoms with Crippen LogP contribution in [0.25, 0.3) is 6.08 Å². The molecule has 2 heterocycles. The molecule has 6 nitrogen and oxygen atoms in total. The second-order valence-corrected chi connectivity index (χ2v) is 7.18. The van der Waals surface area contributed by atoms with Crippen molar-refractivity contribution in [2.45, 2.75) is 13.1 Å². The van der Waals surface area contributed by atoms with E-state index in [1.165, 1.54) is 12.1 Å². The van der Waals surface area contributed by atoms with E-state index in [1.54, 1.807) is 35.0 Å². The lowest BCUT2D eigenvalue weighted by Gasteiger charge is -2.07. The van der Waals surface area contributed by atoms with Crippen molar-refractivity contribution in [2.75, 3.05) is 6.79 Å². The van der Waals surface area contributed by atoms with Gasteiger partial charge in [0, 0.05) is 24.9 Å². The van der Waals surface area contributed by atoms with Crippen LogP contribution >= 0.6 is 11.6 Å². The molecular formula is C23H19ClN2O4. The fraction of sp³-hybridized carbons (Fsp3) is 0.130. The number of aromatic nitrogens is 1. The Morgan fingerprint density at radius 3 is 2.70 bits per heavy atom. The number of amides is 1. The highest BCUT2D eigenvalue weighted by Gasteiger charge is 2.17. The first kappa shape index (κ1) is 19.8. The van der Waals surface area contributed by atoms with Gasteiger partial charge in [-0.3, -0.25) is 9.59 Å². The minimum atomic E-state index is -0.219. The second kappa shape index (κ2) is 8.88. The standard InChI is InChI=1S/C23H19ClN2O4/c24-19-11-18(12-20-23(19)30-15-29-20)8-9-21(27)25-13-16-4-6-17(7-5-16)14-26-10-2-1-3-22(26)28/h1-12H,13-15H2,(H,25,27)/b9-8+. The zero-order chi connectivity index (χ0) is 20.9. The van der Waals surface area contributed by atoms with E-state index in [4.69, 9.17) is 21.1 Å². The molecule has 0 fully saturated rings. The first-order chi connectivity index (χ1) is 14.6. The average molecular weight is 423 g/mol. The van der Waals surface area contributed by atoms with Gasteiger partial charge in [0.2, 0.25) is 12.7 Å². The summed E-state index contributed by atoms with van der Waals surface area (Å²) >= 11 is 6.15. The monoisotopic (exact) mass is 422 g/mol. The molecule has 2 aromatic carbocycles. The molecule has 1 amide bonds. The van der Waals surface area contributed by atoms with Gasteiger partial charge in [-0.25, -0.2) is 0 Å². The van der Waals surface area contributed by atoms with E-state index in [0.717, 1.165) is 16.7 Å². The topological polar surface area (TPSA) is 69.6 Å². The molecule has 4 rings (SSSR count). The van der Waals surface area contributed by atoms with Crippen LogP contribution < -0.4 is 20.3 Å². The highest BCUT2D eigenvalue weighted by atomic mass is 35.5. The smallest absolute Gasteiger partial charge is 0.250 e. The maximum Gasteiger partial charge on any atom is 0.250 e. The number of benzene rings is 2. The van der Waals surface area contributed by atoms with Crippen molar-refractivity contribution in [1.29, 1.82) is 0 Å². The SMILES string of the molecule is O=C(/C=C/c1cc(Cl)c2c(c1)OCO2)NCc1ccc(Cn2ccccc2=O)cc1. The average Bonchev–Trinajstić information content (AvgIpc) is 3.23. The molecule has 7 heteroatoms. The molecule has 0 bridgehead atoms. The third kappa shape index (κ3) is 4.72. The molecule has 0 aliphatic carbocycles. The lowest BCUT2D eigenvalue weighted by Crippen LogP contribution is -2.20. The van der Waals surface area contributed by atoms with Gasteiger partial charge in [-0.2, -0.15) is 0 Å².